The lowest BCUT2D eigenvalue weighted by atomic mass is 10.0. The number of carbonyl (C=O) groups excluding carboxylic acids is 2. The molecule has 1 heterocycles. The van der Waals surface area contributed by atoms with Crippen molar-refractivity contribution in [2.75, 3.05) is 33.9 Å². The fourth-order valence-electron chi connectivity index (χ4n) is 4.22. The zero-order chi connectivity index (χ0) is 26.8. The van der Waals surface area contributed by atoms with Gasteiger partial charge in [-0.15, -0.1) is 0 Å². The summed E-state index contributed by atoms with van der Waals surface area (Å²) in [6.07, 6.45) is 2.51. The summed E-state index contributed by atoms with van der Waals surface area (Å²) in [4.78, 5) is 25.7. The van der Waals surface area contributed by atoms with Gasteiger partial charge in [0, 0.05) is 40.2 Å². The summed E-state index contributed by atoms with van der Waals surface area (Å²) >= 11 is 0. The SMILES string of the molecule is CNC(=O)[C@H](Cc1ccc(OCCCOC)cc1)NC(=O)[C@@H]1CCCCN1S(=O)(=O)c1cccc(F)c1. The third-order valence-electron chi connectivity index (χ3n) is 6.16. The summed E-state index contributed by atoms with van der Waals surface area (Å²) in [6, 6.07) is 10.0. The van der Waals surface area contributed by atoms with Gasteiger partial charge in [-0.1, -0.05) is 24.6 Å². The molecule has 2 atom stereocenters. The van der Waals surface area contributed by atoms with Crippen molar-refractivity contribution in [1.29, 1.82) is 0 Å². The number of carbonyl (C=O) groups is 2. The number of likely N-dealkylation sites (N-methyl/N-ethyl adjacent to an activating group) is 1. The van der Waals surface area contributed by atoms with Gasteiger partial charge in [-0.3, -0.25) is 9.59 Å². The van der Waals surface area contributed by atoms with Crippen molar-refractivity contribution in [2.45, 2.75) is 49.1 Å². The van der Waals surface area contributed by atoms with Crippen LogP contribution in [-0.2, 0) is 30.8 Å². The van der Waals surface area contributed by atoms with Gasteiger partial charge in [-0.25, -0.2) is 12.8 Å². The monoisotopic (exact) mass is 535 g/mol. The molecule has 202 valence electrons. The number of rotatable bonds is 12. The van der Waals surface area contributed by atoms with Crippen molar-refractivity contribution in [2.24, 2.45) is 0 Å². The number of piperidine rings is 1. The van der Waals surface area contributed by atoms with Crippen LogP contribution in [0.15, 0.2) is 53.4 Å². The number of methoxy groups -OCH3 is 1. The number of benzene rings is 2. The largest absolute Gasteiger partial charge is 0.494 e. The Morgan fingerprint density at radius 3 is 2.57 bits per heavy atom. The van der Waals surface area contributed by atoms with Crippen LogP contribution in [0.1, 0.15) is 31.2 Å². The van der Waals surface area contributed by atoms with Crippen LogP contribution in [-0.4, -0.2) is 70.5 Å². The van der Waals surface area contributed by atoms with E-state index in [1.54, 1.807) is 19.2 Å². The molecule has 2 aromatic rings. The summed E-state index contributed by atoms with van der Waals surface area (Å²) in [6.45, 7) is 1.25. The maximum absolute atomic E-state index is 13.7. The average molecular weight is 536 g/mol. The first-order valence-electron chi connectivity index (χ1n) is 12.3. The summed E-state index contributed by atoms with van der Waals surface area (Å²) in [5, 5.41) is 5.29. The number of hydrogen-bond acceptors (Lipinski definition) is 6. The van der Waals surface area contributed by atoms with Gasteiger partial charge in [-0.2, -0.15) is 4.31 Å². The number of sulfonamides is 1. The van der Waals surface area contributed by atoms with Gasteiger partial charge in [0.15, 0.2) is 0 Å². The van der Waals surface area contributed by atoms with Crippen LogP contribution in [0.5, 0.6) is 5.75 Å². The Morgan fingerprint density at radius 1 is 1.14 bits per heavy atom. The molecule has 0 aromatic heterocycles. The molecule has 1 aliphatic heterocycles. The van der Waals surface area contributed by atoms with E-state index < -0.39 is 39.7 Å². The minimum Gasteiger partial charge on any atom is -0.494 e. The van der Waals surface area contributed by atoms with Gasteiger partial charge >= 0.3 is 0 Å². The highest BCUT2D eigenvalue weighted by molar-refractivity contribution is 7.89. The summed E-state index contributed by atoms with van der Waals surface area (Å²) in [5.41, 5.74) is 0.797. The van der Waals surface area contributed by atoms with E-state index in [1.165, 1.54) is 19.2 Å². The molecular weight excluding hydrogens is 501 g/mol. The Bertz CT molecular complexity index is 1160. The Hall–Kier alpha value is -3.02. The van der Waals surface area contributed by atoms with Gasteiger partial charge in [-0.05, 0) is 48.7 Å². The lowest BCUT2D eigenvalue weighted by Gasteiger charge is -2.34. The smallest absolute Gasteiger partial charge is 0.243 e. The third-order valence-corrected chi connectivity index (χ3v) is 8.07. The maximum atomic E-state index is 13.7. The molecule has 2 amide bonds. The molecule has 9 nitrogen and oxygen atoms in total. The van der Waals surface area contributed by atoms with E-state index in [4.69, 9.17) is 9.47 Å². The maximum Gasteiger partial charge on any atom is 0.243 e. The van der Waals surface area contributed by atoms with Crippen LogP contribution in [0, 0.1) is 5.82 Å². The first kappa shape index (κ1) is 28.5. The molecule has 1 saturated heterocycles. The minimum absolute atomic E-state index is 0.132. The molecule has 11 heteroatoms. The highest BCUT2D eigenvalue weighted by atomic mass is 32.2. The number of halogens is 1. The van der Waals surface area contributed by atoms with E-state index in [-0.39, 0.29) is 17.9 Å². The average Bonchev–Trinajstić information content (AvgIpc) is 2.91. The van der Waals surface area contributed by atoms with Crippen LogP contribution in [0.25, 0.3) is 0 Å². The molecule has 3 rings (SSSR count). The Morgan fingerprint density at radius 2 is 1.89 bits per heavy atom. The van der Waals surface area contributed by atoms with Crippen molar-refractivity contribution in [3.8, 4) is 5.75 Å². The summed E-state index contributed by atoms with van der Waals surface area (Å²) in [7, 11) is -1.00. The zero-order valence-electron chi connectivity index (χ0n) is 21.1. The Labute approximate surface area is 217 Å². The van der Waals surface area contributed by atoms with Crippen molar-refractivity contribution < 1.29 is 31.9 Å². The van der Waals surface area contributed by atoms with E-state index >= 15 is 0 Å². The minimum atomic E-state index is -4.11. The quantitative estimate of drug-likeness (QED) is 0.403. The van der Waals surface area contributed by atoms with Crippen LogP contribution in [0.4, 0.5) is 4.39 Å². The third kappa shape index (κ3) is 7.73. The van der Waals surface area contributed by atoms with Crippen LogP contribution in [0.3, 0.4) is 0 Å². The summed E-state index contributed by atoms with van der Waals surface area (Å²) in [5.74, 6) is -0.957. The summed E-state index contributed by atoms with van der Waals surface area (Å²) < 4.78 is 52.0. The fourth-order valence-corrected chi connectivity index (χ4v) is 5.91. The van der Waals surface area contributed by atoms with Crippen molar-refractivity contribution in [1.82, 2.24) is 14.9 Å². The molecule has 0 bridgehead atoms. The van der Waals surface area contributed by atoms with Gasteiger partial charge in [0.25, 0.3) is 0 Å². The fraction of sp³-hybridized carbons (Fsp3) is 0.462. The van der Waals surface area contributed by atoms with Gasteiger partial charge in [0.1, 0.15) is 23.7 Å². The van der Waals surface area contributed by atoms with Gasteiger partial charge < -0.3 is 20.1 Å². The Kier molecular flexibility index (Phi) is 10.4. The molecule has 0 aliphatic carbocycles. The van der Waals surface area contributed by atoms with Gasteiger partial charge in [0.05, 0.1) is 11.5 Å². The first-order valence-corrected chi connectivity index (χ1v) is 13.7. The predicted octanol–water partition coefficient (Wildman–Crippen LogP) is 2.26. The number of ether oxygens (including phenoxy) is 2. The van der Waals surface area contributed by atoms with E-state index in [9.17, 15) is 22.4 Å². The number of amides is 2. The second-order valence-electron chi connectivity index (χ2n) is 8.80. The molecular formula is C26H34FN3O6S. The molecule has 1 fully saturated rings. The topological polar surface area (TPSA) is 114 Å². The van der Waals surface area contributed by atoms with E-state index in [0.717, 1.165) is 28.4 Å². The van der Waals surface area contributed by atoms with Crippen LogP contribution in [0.2, 0.25) is 0 Å². The van der Waals surface area contributed by atoms with Crippen LogP contribution < -0.4 is 15.4 Å². The molecule has 0 saturated carbocycles. The van der Waals surface area contributed by atoms with Crippen molar-refractivity contribution in [3.63, 3.8) is 0 Å². The molecule has 0 radical (unpaired) electrons. The standard InChI is InChI=1S/C26H34FN3O6S/c1-28-25(31)23(17-19-10-12-21(13-11-19)36-16-6-15-35-2)29-26(32)24-9-3-4-14-30(24)37(33,34)22-8-5-7-20(27)18-22/h5,7-8,10-13,18,23-24H,3-4,6,9,14-17H2,1-2H3,(H,28,31)(H,29,32)/t23-,24-/m0/s1. The molecule has 2 aromatic carbocycles. The molecule has 2 N–H and O–H groups in total. The normalized spacial score (nSPS) is 17.1. The number of nitrogens with one attached hydrogen (secondary N) is 2. The highest BCUT2D eigenvalue weighted by Gasteiger charge is 2.39. The van der Waals surface area contributed by atoms with Crippen molar-refractivity contribution >= 4 is 21.8 Å². The molecule has 1 aliphatic rings. The lowest BCUT2D eigenvalue weighted by molar-refractivity contribution is -0.131. The second kappa shape index (κ2) is 13.5. The van der Waals surface area contributed by atoms with Crippen molar-refractivity contribution in [3.05, 3.63) is 59.9 Å². The second-order valence-corrected chi connectivity index (χ2v) is 10.7. The zero-order valence-corrected chi connectivity index (χ0v) is 21.9. The lowest BCUT2D eigenvalue weighted by Crippen LogP contribution is -2.56. The van der Waals surface area contributed by atoms with E-state index in [2.05, 4.69) is 10.6 Å². The van der Waals surface area contributed by atoms with Gasteiger partial charge in [0.2, 0.25) is 21.8 Å². The molecule has 37 heavy (non-hydrogen) atoms. The van der Waals surface area contributed by atoms with E-state index in [1.807, 2.05) is 12.1 Å². The van der Waals surface area contributed by atoms with E-state index in [0.29, 0.717) is 38.2 Å². The molecule has 0 unspecified atom stereocenters. The Balaban J connectivity index is 1.71. The highest BCUT2D eigenvalue weighted by Crippen LogP contribution is 2.26. The van der Waals surface area contributed by atoms with Crippen LogP contribution >= 0.6 is 0 Å². The number of hydrogen-bond donors (Lipinski definition) is 2. The first-order chi connectivity index (χ1) is 17.8. The molecule has 0 spiro atoms. The predicted molar refractivity (Wildman–Crippen MR) is 136 cm³/mol. The number of nitrogens with zero attached hydrogens (tertiary/aromatic N) is 1.